The lowest BCUT2D eigenvalue weighted by molar-refractivity contribution is 0.328. The minimum Gasteiger partial charge on any atom is -0.0696 e. The SMILES string of the molecule is CC1(C)CC2=C1CCCC2. The lowest BCUT2D eigenvalue weighted by Gasteiger charge is -2.44. The first-order valence-corrected chi connectivity index (χ1v) is 4.41. The molecule has 0 aromatic rings. The molecule has 0 fully saturated rings. The standard InChI is InChI=1S/C10H16/c1-10(2)7-8-5-3-4-6-9(8)10/h3-7H2,1-2H3. The van der Waals surface area contributed by atoms with Crippen LogP contribution in [0.5, 0.6) is 0 Å². The Hall–Kier alpha value is -0.260. The van der Waals surface area contributed by atoms with Gasteiger partial charge < -0.3 is 0 Å². The highest BCUT2D eigenvalue weighted by molar-refractivity contribution is 5.34. The Kier molecular flexibility index (Phi) is 1.21. The van der Waals surface area contributed by atoms with E-state index >= 15 is 0 Å². The summed E-state index contributed by atoms with van der Waals surface area (Å²) in [5.74, 6) is 0. The molecule has 0 saturated carbocycles. The normalized spacial score (nSPS) is 29.4. The van der Waals surface area contributed by atoms with Crippen LogP contribution >= 0.6 is 0 Å². The summed E-state index contributed by atoms with van der Waals surface area (Å²) in [6, 6.07) is 0. The fourth-order valence-electron chi connectivity index (χ4n) is 2.51. The van der Waals surface area contributed by atoms with Crippen molar-refractivity contribution in [1.29, 1.82) is 0 Å². The molecule has 0 heterocycles. The second-order valence-corrected chi connectivity index (χ2v) is 4.35. The number of rotatable bonds is 0. The quantitative estimate of drug-likeness (QED) is 0.448. The lowest BCUT2D eigenvalue weighted by Crippen LogP contribution is -2.29. The van der Waals surface area contributed by atoms with Crippen molar-refractivity contribution in [2.75, 3.05) is 0 Å². The van der Waals surface area contributed by atoms with Gasteiger partial charge in [0.25, 0.3) is 0 Å². The largest absolute Gasteiger partial charge is 0.0696 e. The second kappa shape index (κ2) is 1.87. The van der Waals surface area contributed by atoms with Crippen LogP contribution in [0.4, 0.5) is 0 Å². The van der Waals surface area contributed by atoms with E-state index in [1.165, 1.54) is 32.1 Å². The predicted octanol–water partition coefficient (Wildman–Crippen LogP) is 3.29. The van der Waals surface area contributed by atoms with E-state index < -0.39 is 0 Å². The van der Waals surface area contributed by atoms with Gasteiger partial charge in [-0.2, -0.15) is 0 Å². The number of hydrogen-bond donors (Lipinski definition) is 0. The third-order valence-corrected chi connectivity index (χ3v) is 3.05. The van der Waals surface area contributed by atoms with Crippen molar-refractivity contribution in [3.63, 3.8) is 0 Å². The van der Waals surface area contributed by atoms with Gasteiger partial charge in [-0.15, -0.1) is 0 Å². The summed E-state index contributed by atoms with van der Waals surface area (Å²) in [6.45, 7) is 4.77. The molecule has 0 spiro atoms. The van der Waals surface area contributed by atoms with E-state index in [2.05, 4.69) is 13.8 Å². The Morgan fingerprint density at radius 1 is 1.10 bits per heavy atom. The van der Waals surface area contributed by atoms with E-state index in [1.807, 2.05) is 0 Å². The molecule has 0 atom stereocenters. The van der Waals surface area contributed by atoms with E-state index in [1.54, 1.807) is 11.1 Å². The molecule has 0 radical (unpaired) electrons. The van der Waals surface area contributed by atoms with Crippen molar-refractivity contribution in [3.8, 4) is 0 Å². The average Bonchev–Trinajstić information content (AvgIpc) is 1.86. The highest BCUT2D eigenvalue weighted by Crippen LogP contribution is 2.51. The first-order chi connectivity index (χ1) is 4.70. The Morgan fingerprint density at radius 3 is 2.30 bits per heavy atom. The highest BCUT2D eigenvalue weighted by Gasteiger charge is 2.36. The molecule has 0 aromatic heterocycles. The van der Waals surface area contributed by atoms with Gasteiger partial charge >= 0.3 is 0 Å². The zero-order valence-corrected chi connectivity index (χ0v) is 7.04. The van der Waals surface area contributed by atoms with Crippen LogP contribution in [0, 0.1) is 5.41 Å². The van der Waals surface area contributed by atoms with Crippen molar-refractivity contribution >= 4 is 0 Å². The third-order valence-electron chi connectivity index (χ3n) is 3.05. The minimum atomic E-state index is 0.593. The fraction of sp³-hybridized carbons (Fsp3) is 0.800. The van der Waals surface area contributed by atoms with Crippen molar-refractivity contribution in [3.05, 3.63) is 11.1 Å². The van der Waals surface area contributed by atoms with E-state index in [4.69, 9.17) is 0 Å². The van der Waals surface area contributed by atoms with Gasteiger partial charge in [-0.3, -0.25) is 0 Å². The van der Waals surface area contributed by atoms with Crippen LogP contribution in [-0.4, -0.2) is 0 Å². The average molecular weight is 136 g/mol. The van der Waals surface area contributed by atoms with Crippen LogP contribution in [-0.2, 0) is 0 Å². The molecule has 0 unspecified atom stereocenters. The molecule has 0 aliphatic heterocycles. The minimum absolute atomic E-state index is 0.593. The summed E-state index contributed by atoms with van der Waals surface area (Å²) in [6.07, 6.45) is 7.11. The summed E-state index contributed by atoms with van der Waals surface area (Å²) in [4.78, 5) is 0. The number of allylic oxidation sites excluding steroid dienone is 2. The molecule has 0 bridgehead atoms. The second-order valence-electron chi connectivity index (χ2n) is 4.35. The van der Waals surface area contributed by atoms with Crippen LogP contribution in [0.25, 0.3) is 0 Å². The fourth-order valence-corrected chi connectivity index (χ4v) is 2.51. The van der Waals surface area contributed by atoms with Gasteiger partial charge in [-0.25, -0.2) is 0 Å². The molecule has 2 rings (SSSR count). The molecule has 0 saturated heterocycles. The molecule has 56 valence electrons. The van der Waals surface area contributed by atoms with Gasteiger partial charge in [-0.1, -0.05) is 25.0 Å². The third kappa shape index (κ3) is 0.744. The van der Waals surface area contributed by atoms with Crippen molar-refractivity contribution in [2.24, 2.45) is 5.41 Å². The maximum Gasteiger partial charge on any atom is -0.0105 e. The van der Waals surface area contributed by atoms with E-state index in [-0.39, 0.29) is 0 Å². The molecule has 0 heteroatoms. The maximum atomic E-state index is 2.39. The highest BCUT2D eigenvalue weighted by atomic mass is 14.4. The summed E-state index contributed by atoms with van der Waals surface area (Å²) in [5, 5.41) is 0. The molecule has 0 N–H and O–H groups in total. The summed E-state index contributed by atoms with van der Waals surface area (Å²) in [7, 11) is 0. The maximum absolute atomic E-state index is 2.39. The molecule has 10 heavy (non-hydrogen) atoms. The van der Waals surface area contributed by atoms with Crippen LogP contribution < -0.4 is 0 Å². The molecule has 2 aliphatic rings. The summed E-state index contributed by atoms with van der Waals surface area (Å²) >= 11 is 0. The van der Waals surface area contributed by atoms with Crippen LogP contribution in [0.2, 0.25) is 0 Å². The molecule has 0 nitrogen and oxygen atoms in total. The molecule has 0 aromatic carbocycles. The van der Waals surface area contributed by atoms with E-state index in [9.17, 15) is 0 Å². The number of hydrogen-bond acceptors (Lipinski definition) is 0. The molecule has 0 amide bonds. The van der Waals surface area contributed by atoms with Gasteiger partial charge in [0.1, 0.15) is 0 Å². The Labute approximate surface area is 63.3 Å². The Balaban J connectivity index is 2.23. The van der Waals surface area contributed by atoms with Gasteiger partial charge in [0.2, 0.25) is 0 Å². The zero-order chi connectivity index (χ0) is 7.19. The lowest BCUT2D eigenvalue weighted by atomic mass is 9.62. The Bertz CT molecular complexity index is 184. The van der Waals surface area contributed by atoms with Gasteiger partial charge in [0.05, 0.1) is 0 Å². The van der Waals surface area contributed by atoms with Crippen molar-refractivity contribution in [1.82, 2.24) is 0 Å². The predicted molar refractivity (Wildman–Crippen MR) is 43.9 cm³/mol. The first kappa shape index (κ1) is 6.45. The topological polar surface area (TPSA) is 0 Å². The molecular formula is C10H16. The van der Waals surface area contributed by atoms with Crippen LogP contribution in [0.3, 0.4) is 0 Å². The van der Waals surface area contributed by atoms with E-state index in [0.717, 1.165) is 0 Å². The molecular weight excluding hydrogens is 120 g/mol. The summed E-state index contributed by atoms with van der Waals surface area (Å²) < 4.78 is 0. The Morgan fingerprint density at radius 2 is 1.80 bits per heavy atom. The van der Waals surface area contributed by atoms with Gasteiger partial charge in [-0.05, 0) is 37.5 Å². The summed E-state index contributed by atoms with van der Waals surface area (Å²) in [5.41, 5.74) is 4.20. The molecule has 2 aliphatic carbocycles. The van der Waals surface area contributed by atoms with Crippen molar-refractivity contribution < 1.29 is 0 Å². The monoisotopic (exact) mass is 136 g/mol. The van der Waals surface area contributed by atoms with Gasteiger partial charge in [0.15, 0.2) is 0 Å². The van der Waals surface area contributed by atoms with Gasteiger partial charge in [0, 0.05) is 0 Å². The van der Waals surface area contributed by atoms with Crippen LogP contribution in [0.1, 0.15) is 46.0 Å². The smallest absolute Gasteiger partial charge is 0.0105 e. The van der Waals surface area contributed by atoms with E-state index in [0.29, 0.717) is 5.41 Å². The van der Waals surface area contributed by atoms with Crippen LogP contribution in [0.15, 0.2) is 11.1 Å². The van der Waals surface area contributed by atoms with Crippen molar-refractivity contribution in [2.45, 2.75) is 46.0 Å². The zero-order valence-electron chi connectivity index (χ0n) is 7.04. The first-order valence-electron chi connectivity index (χ1n) is 4.41.